The smallest absolute Gasteiger partial charge is 0.246 e. The van der Waals surface area contributed by atoms with E-state index in [0.29, 0.717) is 31.2 Å². The molecule has 182 valence electrons. The lowest BCUT2D eigenvalue weighted by Crippen LogP contribution is -2.29. The van der Waals surface area contributed by atoms with Crippen LogP contribution in [0.3, 0.4) is 0 Å². The zero-order valence-corrected chi connectivity index (χ0v) is 19.6. The number of halogens is 3. The van der Waals surface area contributed by atoms with E-state index in [4.69, 9.17) is 9.88 Å². The summed E-state index contributed by atoms with van der Waals surface area (Å²) in [5.41, 5.74) is -0.639. The quantitative estimate of drug-likeness (QED) is 0.259. The maximum Gasteiger partial charge on any atom is 0.246 e. The van der Waals surface area contributed by atoms with Gasteiger partial charge in [0.1, 0.15) is 11.5 Å². The summed E-state index contributed by atoms with van der Waals surface area (Å²) in [6, 6.07) is -0.286. The van der Waals surface area contributed by atoms with Crippen molar-refractivity contribution < 1.29 is 31.1 Å². The van der Waals surface area contributed by atoms with Gasteiger partial charge in [0.25, 0.3) is 0 Å². The summed E-state index contributed by atoms with van der Waals surface area (Å²) in [4.78, 5) is 9.67. The number of primary sulfonamides is 1. The summed E-state index contributed by atoms with van der Waals surface area (Å²) in [6.07, 6.45) is 6.10. The van der Waals surface area contributed by atoms with E-state index in [-0.39, 0.29) is 24.9 Å². The molecule has 12 heteroatoms. The van der Waals surface area contributed by atoms with E-state index >= 15 is 4.39 Å². The Morgan fingerprint density at radius 1 is 1.09 bits per heavy atom. The van der Waals surface area contributed by atoms with Gasteiger partial charge in [-0.2, -0.15) is 0 Å². The molecular weight excluding hydrogens is 467 g/mol. The van der Waals surface area contributed by atoms with Gasteiger partial charge in [0.05, 0.1) is 10.6 Å². The molecule has 1 aliphatic rings. The van der Waals surface area contributed by atoms with E-state index in [1.165, 1.54) is 0 Å². The molecule has 0 spiro atoms. The fraction of sp³-hybridized carbons (Fsp3) is 0.650. The molecule has 0 heterocycles. The van der Waals surface area contributed by atoms with Crippen molar-refractivity contribution in [1.29, 1.82) is 0 Å². The highest BCUT2D eigenvalue weighted by Crippen LogP contribution is 2.38. The first-order chi connectivity index (χ1) is 15.2. The highest BCUT2D eigenvalue weighted by Gasteiger charge is 2.32. The zero-order valence-electron chi connectivity index (χ0n) is 18.0. The van der Waals surface area contributed by atoms with Crippen LogP contribution in [0.5, 0.6) is 0 Å². The molecule has 0 bridgehead atoms. The van der Waals surface area contributed by atoms with Crippen molar-refractivity contribution in [2.45, 2.75) is 67.7 Å². The summed E-state index contributed by atoms with van der Waals surface area (Å²) < 4.78 is 73.5. The predicted molar refractivity (Wildman–Crippen MR) is 118 cm³/mol. The average molecular weight is 498 g/mol. The summed E-state index contributed by atoms with van der Waals surface area (Å²) in [6.45, 7) is 2.01. The minimum absolute atomic E-state index is 0.0305. The number of rotatable bonds is 10. The number of ether oxygens (including phenoxy) is 1. The Balaban J connectivity index is 2.26. The molecule has 0 aliphatic heterocycles. The Morgan fingerprint density at radius 3 is 2.31 bits per heavy atom. The molecule has 4 N–H and O–H groups in total. The average Bonchev–Trinajstić information content (AvgIpc) is 2.70. The van der Waals surface area contributed by atoms with Crippen molar-refractivity contribution in [2.24, 2.45) is 5.14 Å². The van der Waals surface area contributed by atoms with E-state index in [0.717, 1.165) is 32.1 Å². The first-order valence-corrected chi connectivity index (χ1v) is 13.2. The van der Waals surface area contributed by atoms with Crippen LogP contribution in [0, 0.1) is 17.5 Å². The SMILES string of the molecule is CCOCC(=O)NCCSc1c(F)c(F)c(S(N)(=O)=O)c(NC2CCCCCCC2)c1F. The number of benzene rings is 1. The number of thioether (sulfide) groups is 1. The Labute approximate surface area is 191 Å². The molecule has 7 nitrogen and oxygen atoms in total. The summed E-state index contributed by atoms with van der Waals surface area (Å²) in [7, 11) is -4.74. The van der Waals surface area contributed by atoms with Gasteiger partial charge in [-0.1, -0.05) is 32.1 Å². The van der Waals surface area contributed by atoms with Crippen molar-refractivity contribution in [3.63, 3.8) is 0 Å². The van der Waals surface area contributed by atoms with Crippen LogP contribution in [0.25, 0.3) is 0 Å². The zero-order chi connectivity index (χ0) is 23.7. The molecule has 1 fully saturated rings. The van der Waals surface area contributed by atoms with Gasteiger partial charge >= 0.3 is 0 Å². The standard InChI is InChI=1S/C20H30F3N3O4S2/c1-2-30-12-14(27)25-10-11-31-19-15(21)16(22)20(32(24,28)29)18(17(19)23)26-13-8-6-4-3-5-7-9-13/h13,26H,2-12H2,1H3,(H,25,27)(H2,24,28,29). The van der Waals surface area contributed by atoms with Gasteiger partial charge in [0, 0.05) is 24.9 Å². The molecule has 1 aromatic rings. The van der Waals surface area contributed by atoms with Gasteiger partial charge in [0.2, 0.25) is 15.9 Å². The summed E-state index contributed by atoms with van der Waals surface area (Å²) in [5, 5.41) is 10.4. The van der Waals surface area contributed by atoms with Crippen molar-refractivity contribution in [1.82, 2.24) is 5.32 Å². The maximum atomic E-state index is 15.3. The number of amides is 1. The number of hydrogen-bond donors (Lipinski definition) is 3. The van der Waals surface area contributed by atoms with Crippen LogP contribution in [-0.2, 0) is 19.6 Å². The molecule has 1 aliphatic carbocycles. The Morgan fingerprint density at radius 2 is 1.72 bits per heavy atom. The van der Waals surface area contributed by atoms with Crippen LogP contribution < -0.4 is 15.8 Å². The van der Waals surface area contributed by atoms with Crippen LogP contribution in [0.2, 0.25) is 0 Å². The number of anilines is 1. The van der Waals surface area contributed by atoms with Gasteiger partial charge in [-0.15, -0.1) is 11.8 Å². The molecule has 1 saturated carbocycles. The second kappa shape index (κ2) is 12.7. The highest BCUT2D eigenvalue weighted by atomic mass is 32.2. The molecule has 1 amide bonds. The number of sulfonamides is 1. The van der Waals surface area contributed by atoms with Gasteiger partial charge in [-0.3, -0.25) is 4.79 Å². The van der Waals surface area contributed by atoms with E-state index in [1.807, 2.05) is 0 Å². The Kier molecular flexibility index (Phi) is 10.6. The minimum Gasteiger partial charge on any atom is -0.379 e. The molecule has 0 saturated heterocycles. The monoisotopic (exact) mass is 497 g/mol. The third kappa shape index (κ3) is 7.53. The number of hydrogen-bond acceptors (Lipinski definition) is 6. The van der Waals surface area contributed by atoms with Crippen molar-refractivity contribution in [2.75, 3.05) is 30.8 Å². The number of nitrogens with two attached hydrogens (primary N) is 1. The van der Waals surface area contributed by atoms with Crippen molar-refractivity contribution in [3.8, 4) is 0 Å². The molecular formula is C20H30F3N3O4S2. The fourth-order valence-corrected chi connectivity index (χ4v) is 5.16. The minimum atomic E-state index is -4.74. The highest BCUT2D eigenvalue weighted by molar-refractivity contribution is 7.99. The summed E-state index contributed by atoms with van der Waals surface area (Å²) in [5.74, 6) is -4.91. The third-order valence-corrected chi connectivity index (χ3v) is 7.09. The molecule has 0 radical (unpaired) electrons. The lowest BCUT2D eigenvalue weighted by molar-refractivity contribution is -0.125. The van der Waals surface area contributed by atoms with Crippen molar-refractivity contribution >= 4 is 33.4 Å². The first kappa shape index (κ1) is 26.7. The second-order valence-electron chi connectivity index (χ2n) is 7.54. The van der Waals surface area contributed by atoms with Gasteiger partial charge < -0.3 is 15.4 Å². The first-order valence-electron chi connectivity index (χ1n) is 10.6. The van der Waals surface area contributed by atoms with Crippen molar-refractivity contribution in [3.05, 3.63) is 17.5 Å². The molecule has 1 aromatic carbocycles. The van der Waals surface area contributed by atoms with Crippen LogP contribution in [0.1, 0.15) is 51.9 Å². The molecule has 0 aromatic heterocycles. The van der Waals surface area contributed by atoms with E-state index in [1.54, 1.807) is 6.92 Å². The molecule has 32 heavy (non-hydrogen) atoms. The lowest BCUT2D eigenvalue weighted by Gasteiger charge is -2.24. The van der Waals surface area contributed by atoms with Gasteiger partial charge in [-0.25, -0.2) is 26.7 Å². The predicted octanol–water partition coefficient (Wildman–Crippen LogP) is 3.52. The topological polar surface area (TPSA) is 111 Å². The molecule has 0 atom stereocenters. The van der Waals surface area contributed by atoms with E-state index in [9.17, 15) is 22.0 Å². The van der Waals surface area contributed by atoms with Gasteiger partial charge in [0.15, 0.2) is 17.5 Å². The fourth-order valence-electron chi connectivity index (χ4n) is 3.54. The van der Waals surface area contributed by atoms with Crippen LogP contribution in [-0.4, -0.2) is 45.9 Å². The summed E-state index contributed by atoms with van der Waals surface area (Å²) >= 11 is 0.635. The molecule has 2 rings (SSSR count). The van der Waals surface area contributed by atoms with Gasteiger partial charge in [-0.05, 0) is 19.8 Å². The third-order valence-electron chi connectivity index (χ3n) is 5.08. The maximum absolute atomic E-state index is 15.3. The lowest BCUT2D eigenvalue weighted by atomic mass is 9.96. The van der Waals surface area contributed by atoms with Crippen LogP contribution in [0.15, 0.2) is 9.79 Å². The number of nitrogens with one attached hydrogen (secondary N) is 2. The largest absolute Gasteiger partial charge is 0.379 e. The van der Waals surface area contributed by atoms with E-state index < -0.39 is 48.9 Å². The second-order valence-corrected chi connectivity index (χ2v) is 10.1. The Hall–Kier alpha value is -1.50. The number of carbonyl (C=O) groups is 1. The van der Waals surface area contributed by atoms with E-state index in [2.05, 4.69) is 10.6 Å². The number of carbonyl (C=O) groups excluding carboxylic acids is 1. The van der Waals surface area contributed by atoms with Crippen LogP contribution >= 0.6 is 11.8 Å². The normalized spacial score (nSPS) is 15.8. The molecule has 0 unspecified atom stereocenters. The Bertz CT molecular complexity index is 893. The van der Waals surface area contributed by atoms with Crippen LogP contribution in [0.4, 0.5) is 18.9 Å².